The fourth-order valence-electron chi connectivity index (χ4n) is 1.65. The summed E-state index contributed by atoms with van der Waals surface area (Å²) in [5.41, 5.74) is 0.185. The molecule has 1 amide bonds. The van der Waals surface area contributed by atoms with Crippen LogP contribution in [-0.2, 0) is 4.74 Å². The van der Waals surface area contributed by atoms with Crippen LogP contribution in [-0.4, -0.2) is 16.7 Å². The second-order valence-corrected chi connectivity index (χ2v) is 6.59. The quantitative estimate of drug-likeness (QED) is 0.910. The number of halogens is 1. The summed E-state index contributed by atoms with van der Waals surface area (Å²) in [7, 11) is 0. The van der Waals surface area contributed by atoms with Gasteiger partial charge in [-0.3, -0.25) is 0 Å². The highest BCUT2D eigenvalue weighted by atomic mass is 32.1. The first kappa shape index (κ1) is 14.7. The van der Waals surface area contributed by atoms with Crippen LogP contribution < -0.4 is 5.32 Å². The van der Waals surface area contributed by atoms with E-state index in [-0.39, 0.29) is 11.9 Å². The number of amides is 1. The molecule has 0 spiro atoms. The van der Waals surface area contributed by atoms with Gasteiger partial charge in [-0.2, -0.15) is 0 Å². The lowest BCUT2D eigenvalue weighted by Crippen LogP contribution is -2.33. The first-order valence-electron chi connectivity index (χ1n) is 6.30. The number of aromatic nitrogens is 1. The van der Waals surface area contributed by atoms with Gasteiger partial charge in [0, 0.05) is 0 Å². The molecule has 0 aliphatic heterocycles. The maximum absolute atomic E-state index is 13.1. The van der Waals surface area contributed by atoms with Crippen LogP contribution in [0.1, 0.15) is 38.7 Å². The molecule has 1 atom stereocenters. The normalized spacial score (nSPS) is 13.2. The fraction of sp³-hybridized carbons (Fsp3) is 0.429. The molecule has 0 saturated heterocycles. The Morgan fingerprint density at radius 3 is 2.80 bits per heavy atom. The van der Waals surface area contributed by atoms with Gasteiger partial charge in [-0.15, -0.1) is 11.3 Å². The number of nitrogens with one attached hydrogen (secondary N) is 1. The molecule has 0 bridgehead atoms. The van der Waals surface area contributed by atoms with E-state index in [1.165, 1.54) is 23.5 Å². The summed E-state index contributed by atoms with van der Waals surface area (Å²) in [5, 5.41) is 3.44. The van der Waals surface area contributed by atoms with Crippen molar-refractivity contribution in [1.82, 2.24) is 10.3 Å². The van der Waals surface area contributed by atoms with Crippen molar-refractivity contribution in [1.29, 1.82) is 0 Å². The van der Waals surface area contributed by atoms with Gasteiger partial charge in [-0.05, 0) is 45.9 Å². The largest absolute Gasteiger partial charge is 0.444 e. The highest BCUT2D eigenvalue weighted by Gasteiger charge is 2.20. The van der Waals surface area contributed by atoms with E-state index in [4.69, 9.17) is 4.74 Å². The van der Waals surface area contributed by atoms with Crippen LogP contribution in [0.15, 0.2) is 18.2 Å². The van der Waals surface area contributed by atoms with Crippen molar-refractivity contribution in [2.75, 3.05) is 0 Å². The lowest BCUT2D eigenvalue weighted by atomic mass is 10.2. The monoisotopic (exact) mass is 296 g/mol. The Hall–Kier alpha value is -1.69. The number of hydrogen-bond acceptors (Lipinski definition) is 4. The van der Waals surface area contributed by atoms with E-state index in [2.05, 4.69) is 10.3 Å². The molecule has 0 aliphatic carbocycles. The third-order valence-corrected chi connectivity index (χ3v) is 3.67. The van der Waals surface area contributed by atoms with Crippen molar-refractivity contribution >= 4 is 27.6 Å². The highest BCUT2D eigenvalue weighted by molar-refractivity contribution is 7.18. The third-order valence-electron chi connectivity index (χ3n) is 2.47. The molecule has 6 heteroatoms. The molecule has 1 N–H and O–H groups in total. The summed E-state index contributed by atoms with van der Waals surface area (Å²) < 4.78 is 19.1. The van der Waals surface area contributed by atoms with Crippen LogP contribution in [0.2, 0.25) is 0 Å². The van der Waals surface area contributed by atoms with Gasteiger partial charge in [0.25, 0.3) is 0 Å². The standard InChI is InChI=1S/C14H17FN2O2S/c1-8(16-13(18)19-14(2,3)4)12-17-10-6-5-9(15)7-11(10)20-12/h5-8H,1-4H3,(H,16,18). The average molecular weight is 296 g/mol. The summed E-state index contributed by atoms with van der Waals surface area (Å²) in [5.74, 6) is -0.291. The number of fused-ring (bicyclic) bond motifs is 1. The van der Waals surface area contributed by atoms with E-state index in [0.717, 1.165) is 15.2 Å². The van der Waals surface area contributed by atoms with E-state index >= 15 is 0 Å². The Balaban J connectivity index is 2.11. The van der Waals surface area contributed by atoms with Gasteiger partial charge in [0.15, 0.2) is 0 Å². The number of rotatable bonds is 2. The van der Waals surface area contributed by atoms with E-state index in [0.29, 0.717) is 0 Å². The molecule has 20 heavy (non-hydrogen) atoms. The van der Waals surface area contributed by atoms with Gasteiger partial charge in [0.05, 0.1) is 16.3 Å². The van der Waals surface area contributed by atoms with Crippen LogP contribution in [0.5, 0.6) is 0 Å². The zero-order valence-electron chi connectivity index (χ0n) is 11.9. The summed E-state index contributed by atoms with van der Waals surface area (Å²) in [6.45, 7) is 7.23. The second-order valence-electron chi connectivity index (χ2n) is 5.53. The fourth-order valence-corrected chi connectivity index (χ4v) is 2.64. The van der Waals surface area contributed by atoms with Gasteiger partial charge in [0.1, 0.15) is 16.4 Å². The van der Waals surface area contributed by atoms with Crippen LogP contribution in [0.3, 0.4) is 0 Å². The number of ether oxygens (including phenoxy) is 1. The zero-order valence-corrected chi connectivity index (χ0v) is 12.7. The van der Waals surface area contributed by atoms with Crippen LogP contribution in [0.25, 0.3) is 10.2 Å². The Morgan fingerprint density at radius 2 is 2.15 bits per heavy atom. The lowest BCUT2D eigenvalue weighted by molar-refractivity contribution is 0.0508. The smallest absolute Gasteiger partial charge is 0.408 e. The van der Waals surface area contributed by atoms with E-state index in [1.54, 1.807) is 26.8 Å². The van der Waals surface area contributed by atoms with E-state index < -0.39 is 11.7 Å². The summed E-state index contributed by atoms with van der Waals surface area (Å²) in [6, 6.07) is 4.16. The van der Waals surface area contributed by atoms with Crippen molar-refractivity contribution in [3.05, 3.63) is 29.0 Å². The van der Waals surface area contributed by atoms with Crippen LogP contribution in [0, 0.1) is 5.82 Å². The molecule has 0 aliphatic rings. The van der Waals surface area contributed by atoms with Crippen LogP contribution >= 0.6 is 11.3 Å². The summed E-state index contributed by atoms with van der Waals surface area (Å²) in [4.78, 5) is 16.1. The summed E-state index contributed by atoms with van der Waals surface area (Å²) >= 11 is 1.36. The Kier molecular flexibility index (Phi) is 3.94. The number of carbonyl (C=O) groups is 1. The molecule has 0 radical (unpaired) electrons. The highest BCUT2D eigenvalue weighted by Crippen LogP contribution is 2.27. The first-order chi connectivity index (χ1) is 9.24. The van der Waals surface area contributed by atoms with E-state index in [1.807, 2.05) is 6.92 Å². The molecule has 1 aromatic carbocycles. The van der Waals surface area contributed by atoms with E-state index in [9.17, 15) is 9.18 Å². The first-order valence-corrected chi connectivity index (χ1v) is 7.12. The maximum Gasteiger partial charge on any atom is 0.408 e. The average Bonchev–Trinajstić information content (AvgIpc) is 2.68. The molecule has 0 saturated carbocycles. The molecule has 108 valence electrons. The molecule has 2 aromatic rings. The zero-order chi connectivity index (χ0) is 14.9. The molecule has 0 fully saturated rings. The molecular formula is C14H17FN2O2S. The molecule has 1 heterocycles. The van der Waals surface area contributed by atoms with Gasteiger partial charge in [-0.25, -0.2) is 14.2 Å². The van der Waals surface area contributed by atoms with Crippen molar-refractivity contribution in [3.63, 3.8) is 0 Å². The second kappa shape index (κ2) is 5.36. The van der Waals surface area contributed by atoms with Gasteiger partial charge in [-0.1, -0.05) is 0 Å². The Morgan fingerprint density at radius 1 is 1.45 bits per heavy atom. The number of benzene rings is 1. The van der Waals surface area contributed by atoms with Crippen molar-refractivity contribution in [2.24, 2.45) is 0 Å². The van der Waals surface area contributed by atoms with Gasteiger partial charge in [0.2, 0.25) is 0 Å². The van der Waals surface area contributed by atoms with Gasteiger partial charge < -0.3 is 10.1 Å². The minimum Gasteiger partial charge on any atom is -0.444 e. The molecular weight excluding hydrogens is 279 g/mol. The summed E-state index contributed by atoms with van der Waals surface area (Å²) in [6.07, 6.45) is -0.490. The number of thiazole rings is 1. The van der Waals surface area contributed by atoms with Crippen molar-refractivity contribution in [2.45, 2.75) is 39.3 Å². The number of hydrogen-bond donors (Lipinski definition) is 1. The number of carbonyl (C=O) groups excluding carboxylic acids is 1. The Labute approximate surface area is 121 Å². The predicted molar refractivity (Wildman–Crippen MR) is 77.4 cm³/mol. The lowest BCUT2D eigenvalue weighted by Gasteiger charge is -2.21. The predicted octanol–water partition coefficient (Wildman–Crippen LogP) is 4.02. The van der Waals surface area contributed by atoms with Gasteiger partial charge >= 0.3 is 6.09 Å². The molecule has 1 aromatic heterocycles. The SMILES string of the molecule is CC(NC(=O)OC(C)(C)C)c1nc2ccc(F)cc2s1. The Bertz CT molecular complexity index is 634. The molecule has 1 unspecified atom stereocenters. The minimum absolute atomic E-state index is 0.287. The van der Waals surface area contributed by atoms with Crippen molar-refractivity contribution in [3.8, 4) is 0 Å². The number of alkyl carbamates (subject to hydrolysis) is 1. The van der Waals surface area contributed by atoms with Crippen molar-refractivity contribution < 1.29 is 13.9 Å². The molecule has 4 nitrogen and oxygen atoms in total. The number of nitrogens with zero attached hydrogens (tertiary/aromatic N) is 1. The topological polar surface area (TPSA) is 51.2 Å². The maximum atomic E-state index is 13.1. The minimum atomic E-state index is -0.541. The third kappa shape index (κ3) is 3.66. The van der Waals surface area contributed by atoms with Crippen LogP contribution in [0.4, 0.5) is 9.18 Å². The molecule has 2 rings (SSSR count).